The molecular weight excluding hydrogens is 384 g/mol. The number of carbonyl (C=O) groups excluding carboxylic acids is 1. The number of carbonyl (C=O) groups is 1. The van der Waals surface area contributed by atoms with E-state index in [-0.39, 0.29) is 29.9 Å². The molecule has 0 radical (unpaired) electrons. The van der Waals surface area contributed by atoms with E-state index in [0.717, 1.165) is 30.8 Å². The molecule has 158 valence electrons. The Labute approximate surface area is 175 Å². The minimum Gasteiger partial charge on any atom is -0.493 e. The molecule has 1 amide bonds. The number of amides is 1. The lowest BCUT2D eigenvalue weighted by Crippen LogP contribution is -2.74. The summed E-state index contributed by atoms with van der Waals surface area (Å²) < 4.78 is 17.4. The van der Waals surface area contributed by atoms with Gasteiger partial charge in [-0.15, -0.1) is 0 Å². The number of nitrogens with zero attached hydrogens (tertiary/aromatic N) is 2. The maximum atomic E-state index is 13.5. The standard InChI is InChI=1S/C23H26N2O5/c1-28-16-7-14-15(8-17(16)29-2)25-19(26)9-18-20-13-10-23(27)22(14,21(20)25)4-5-24(23)11-12(13)3-6-30-18/h3,7-8,13,18,20-21,27H,4-6,9-11H2,1-2H3/t13-,18+,20+,21+,22-,23-/m0/s1. The molecule has 0 unspecified atom stereocenters. The van der Waals surface area contributed by atoms with Crippen LogP contribution in [0.3, 0.4) is 0 Å². The van der Waals surface area contributed by atoms with E-state index >= 15 is 0 Å². The lowest BCUT2D eigenvalue weighted by Gasteiger charge is -2.62. The summed E-state index contributed by atoms with van der Waals surface area (Å²) in [5.74, 6) is 1.79. The molecule has 6 aliphatic rings. The smallest absolute Gasteiger partial charge is 0.229 e. The summed E-state index contributed by atoms with van der Waals surface area (Å²) in [7, 11) is 3.25. The lowest BCUT2D eigenvalue weighted by molar-refractivity contribution is -0.197. The van der Waals surface area contributed by atoms with Gasteiger partial charge in [-0.1, -0.05) is 11.6 Å². The number of aliphatic hydroxyl groups is 1. The Hall–Kier alpha value is -2.09. The van der Waals surface area contributed by atoms with Gasteiger partial charge < -0.3 is 24.2 Å². The van der Waals surface area contributed by atoms with Crippen LogP contribution in [0.5, 0.6) is 11.5 Å². The Morgan fingerprint density at radius 3 is 2.83 bits per heavy atom. The number of hydrogen-bond donors (Lipinski definition) is 1. The van der Waals surface area contributed by atoms with Crippen LogP contribution in [0.4, 0.5) is 5.69 Å². The molecule has 1 aromatic rings. The molecule has 1 N–H and O–H groups in total. The molecule has 2 bridgehead atoms. The molecule has 1 aromatic carbocycles. The van der Waals surface area contributed by atoms with E-state index in [1.807, 2.05) is 17.0 Å². The van der Waals surface area contributed by atoms with E-state index in [4.69, 9.17) is 14.2 Å². The van der Waals surface area contributed by atoms with Crippen molar-refractivity contribution in [3.8, 4) is 11.5 Å². The first-order chi connectivity index (χ1) is 14.5. The van der Waals surface area contributed by atoms with Crippen LogP contribution in [0.1, 0.15) is 24.8 Å². The third-order valence-corrected chi connectivity index (χ3v) is 8.95. The van der Waals surface area contributed by atoms with E-state index in [1.54, 1.807) is 14.2 Å². The van der Waals surface area contributed by atoms with E-state index in [1.165, 1.54) is 5.57 Å². The fourth-order valence-corrected chi connectivity index (χ4v) is 7.89. The molecule has 7 rings (SSSR count). The van der Waals surface area contributed by atoms with Gasteiger partial charge in [-0.3, -0.25) is 9.69 Å². The third kappa shape index (κ3) is 1.68. The van der Waals surface area contributed by atoms with Gasteiger partial charge in [0.05, 0.1) is 50.5 Å². The second-order valence-electron chi connectivity index (χ2n) is 9.64. The normalized spacial score (nSPS) is 42.6. The van der Waals surface area contributed by atoms with Gasteiger partial charge in [0.25, 0.3) is 0 Å². The van der Waals surface area contributed by atoms with Gasteiger partial charge in [-0.2, -0.15) is 0 Å². The van der Waals surface area contributed by atoms with Crippen LogP contribution >= 0.6 is 0 Å². The minimum absolute atomic E-state index is 0.0806. The molecular formula is C23H26N2O5. The average molecular weight is 410 g/mol. The van der Waals surface area contributed by atoms with Gasteiger partial charge in [0, 0.05) is 25.1 Å². The topological polar surface area (TPSA) is 71.5 Å². The van der Waals surface area contributed by atoms with Crippen molar-refractivity contribution in [2.45, 2.75) is 42.5 Å². The minimum atomic E-state index is -0.966. The number of piperidine rings is 2. The first-order valence-electron chi connectivity index (χ1n) is 10.9. The highest BCUT2D eigenvalue weighted by Gasteiger charge is 2.77. The number of fused-ring (bicyclic) bond motifs is 2. The van der Waals surface area contributed by atoms with Crippen molar-refractivity contribution in [2.24, 2.45) is 11.8 Å². The molecule has 1 saturated carbocycles. The van der Waals surface area contributed by atoms with Gasteiger partial charge in [0.2, 0.25) is 5.91 Å². The molecule has 5 aliphatic heterocycles. The summed E-state index contributed by atoms with van der Waals surface area (Å²) in [6.07, 6.45) is 4.03. The summed E-state index contributed by atoms with van der Waals surface area (Å²) >= 11 is 0. The zero-order chi connectivity index (χ0) is 20.4. The maximum absolute atomic E-state index is 13.5. The zero-order valence-corrected chi connectivity index (χ0v) is 17.3. The fraction of sp³-hybridized carbons (Fsp3) is 0.609. The number of anilines is 1. The SMILES string of the molecule is COc1cc2c(cc1OC)[C@@]13CCN4CC5=CCO[C@@H]6CC(=O)N2[C@@H]1[C@@H]6[C@H]5C[C@@]43O. The van der Waals surface area contributed by atoms with Crippen LogP contribution in [0, 0.1) is 11.8 Å². The molecule has 7 heteroatoms. The fourth-order valence-electron chi connectivity index (χ4n) is 7.89. The molecule has 1 aliphatic carbocycles. The quantitative estimate of drug-likeness (QED) is 0.744. The maximum Gasteiger partial charge on any atom is 0.229 e. The average Bonchev–Trinajstić information content (AvgIpc) is 3.15. The first kappa shape index (κ1) is 17.6. The largest absolute Gasteiger partial charge is 0.493 e. The summed E-state index contributed by atoms with van der Waals surface area (Å²) in [6, 6.07) is 3.84. The van der Waals surface area contributed by atoms with Crippen molar-refractivity contribution in [1.29, 1.82) is 0 Å². The predicted octanol–water partition coefficient (Wildman–Crippen LogP) is 1.43. The highest BCUT2D eigenvalue weighted by molar-refractivity contribution is 6.00. The molecule has 0 aromatic heterocycles. The van der Waals surface area contributed by atoms with Crippen LogP contribution in [-0.4, -0.2) is 67.7 Å². The van der Waals surface area contributed by atoms with Gasteiger partial charge in [-0.05, 0) is 30.4 Å². The summed E-state index contributed by atoms with van der Waals surface area (Å²) in [5, 5.41) is 12.3. The van der Waals surface area contributed by atoms with Gasteiger partial charge in [0.1, 0.15) is 5.72 Å². The van der Waals surface area contributed by atoms with Crippen LogP contribution < -0.4 is 14.4 Å². The van der Waals surface area contributed by atoms with Crippen molar-refractivity contribution in [3.63, 3.8) is 0 Å². The lowest BCUT2D eigenvalue weighted by atomic mass is 9.52. The number of ether oxygens (including phenoxy) is 3. The van der Waals surface area contributed by atoms with Crippen molar-refractivity contribution in [1.82, 2.24) is 4.90 Å². The van der Waals surface area contributed by atoms with Crippen molar-refractivity contribution >= 4 is 11.6 Å². The summed E-state index contributed by atoms with van der Waals surface area (Å²) in [4.78, 5) is 17.7. The number of benzene rings is 1. The molecule has 4 fully saturated rings. The van der Waals surface area contributed by atoms with Crippen molar-refractivity contribution in [2.75, 3.05) is 38.8 Å². The Bertz CT molecular complexity index is 1020. The van der Waals surface area contributed by atoms with Crippen LogP contribution in [-0.2, 0) is 14.9 Å². The molecule has 5 heterocycles. The highest BCUT2D eigenvalue weighted by Crippen LogP contribution is 2.69. The summed E-state index contributed by atoms with van der Waals surface area (Å²) in [6.45, 7) is 2.17. The van der Waals surface area contributed by atoms with Crippen molar-refractivity contribution < 1.29 is 24.1 Å². The van der Waals surface area contributed by atoms with Crippen molar-refractivity contribution in [3.05, 3.63) is 29.3 Å². The number of methoxy groups -OCH3 is 2. The highest BCUT2D eigenvalue weighted by atomic mass is 16.5. The zero-order valence-electron chi connectivity index (χ0n) is 17.3. The van der Waals surface area contributed by atoms with Crippen LogP contribution in [0.2, 0.25) is 0 Å². The van der Waals surface area contributed by atoms with E-state index in [9.17, 15) is 9.90 Å². The van der Waals surface area contributed by atoms with Gasteiger partial charge >= 0.3 is 0 Å². The number of hydrogen-bond acceptors (Lipinski definition) is 6. The first-order valence-corrected chi connectivity index (χ1v) is 10.9. The molecule has 3 saturated heterocycles. The van der Waals surface area contributed by atoms with Gasteiger partial charge in [-0.25, -0.2) is 0 Å². The number of rotatable bonds is 2. The predicted molar refractivity (Wildman–Crippen MR) is 108 cm³/mol. The Morgan fingerprint density at radius 2 is 2.03 bits per heavy atom. The Kier molecular flexibility index (Phi) is 3.16. The van der Waals surface area contributed by atoms with Crippen LogP contribution in [0.25, 0.3) is 0 Å². The summed E-state index contributed by atoms with van der Waals surface area (Å²) in [5.41, 5.74) is 1.78. The molecule has 7 nitrogen and oxygen atoms in total. The van der Waals surface area contributed by atoms with Gasteiger partial charge in [0.15, 0.2) is 11.5 Å². The Morgan fingerprint density at radius 1 is 1.23 bits per heavy atom. The second-order valence-corrected chi connectivity index (χ2v) is 9.64. The molecule has 6 atom stereocenters. The second kappa shape index (κ2) is 5.39. The van der Waals surface area contributed by atoms with E-state index in [2.05, 4.69) is 11.0 Å². The third-order valence-electron chi connectivity index (χ3n) is 8.95. The van der Waals surface area contributed by atoms with E-state index in [0.29, 0.717) is 30.9 Å². The molecule has 1 spiro atoms. The monoisotopic (exact) mass is 410 g/mol. The van der Waals surface area contributed by atoms with E-state index < -0.39 is 11.1 Å². The Balaban J connectivity index is 1.55. The molecule has 30 heavy (non-hydrogen) atoms. The van der Waals surface area contributed by atoms with Crippen LogP contribution in [0.15, 0.2) is 23.8 Å².